The molecule has 1 saturated heterocycles. The number of hydrogen-bond acceptors (Lipinski definition) is 4. The second kappa shape index (κ2) is 4.73. The Labute approximate surface area is 121 Å². The summed E-state index contributed by atoms with van der Waals surface area (Å²) in [7, 11) is 1.42. The number of carbonyl (C=O) groups excluding carboxylic acids is 1. The molecule has 0 radical (unpaired) electrons. The zero-order valence-corrected chi connectivity index (χ0v) is 12.7. The molecule has 20 heavy (non-hydrogen) atoms. The number of likely N-dealkylation sites (tertiary alicyclic amines) is 1. The van der Waals surface area contributed by atoms with Crippen LogP contribution >= 0.6 is 10.7 Å². The first kappa shape index (κ1) is 13.9. The third kappa shape index (κ3) is 2.22. The van der Waals surface area contributed by atoms with Gasteiger partial charge in [0.25, 0.3) is 15.0 Å². The van der Waals surface area contributed by atoms with Crippen LogP contribution in [0.2, 0.25) is 0 Å². The topological polar surface area (TPSA) is 83.1 Å². The number of nitrogens with one attached hydrogen (secondary N) is 1. The Hall–Kier alpha value is -1.08. The quantitative estimate of drug-likeness (QED) is 0.838. The fraction of sp³-hybridized carbons (Fsp3) is 0.667. The van der Waals surface area contributed by atoms with Crippen molar-refractivity contribution in [1.29, 1.82) is 0 Å². The lowest BCUT2D eigenvalue weighted by molar-refractivity contribution is 0.0771. The van der Waals surface area contributed by atoms with Gasteiger partial charge in [0, 0.05) is 23.8 Å². The van der Waals surface area contributed by atoms with Crippen LogP contribution in [-0.2, 0) is 9.05 Å². The van der Waals surface area contributed by atoms with Crippen molar-refractivity contribution in [2.24, 2.45) is 11.8 Å². The summed E-state index contributed by atoms with van der Waals surface area (Å²) in [5.74, 6) is 0.757. The van der Waals surface area contributed by atoms with Gasteiger partial charge >= 0.3 is 0 Å². The van der Waals surface area contributed by atoms with E-state index in [1.807, 2.05) is 0 Å². The molecule has 2 unspecified atom stereocenters. The van der Waals surface area contributed by atoms with E-state index in [1.54, 1.807) is 4.90 Å². The number of hydrogen-bond donors (Lipinski definition) is 1. The molecule has 1 aromatic rings. The molecule has 1 amide bonds. The summed E-state index contributed by atoms with van der Waals surface area (Å²) in [6.07, 6.45) is 3.52. The van der Waals surface area contributed by atoms with E-state index in [9.17, 15) is 13.2 Å². The van der Waals surface area contributed by atoms with Gasteiger partial charge in [-0.25, -0.2) is 8.42 Å². The van der Waals surface area contributed by atoms with E-state index in [4.69, 9.17) is 10.7 Å². The molecular weight excluding hydrogens is 302 g/mol. The van der Waals surface area contributed by atoms with Gasteiger partial charge in [-0.15, -0.1) is 0 Å². The molecule has 2 atom stereocenters. The first-order valence-corrected chi connectivity index (χ1v) is 8.97. The molecule has 8 heteroatoms. The van der Waals surface area contributed by atoms with Crippen molar-refractivity contribution in [2.45, 2.75) is 31.1 Å². The summed E-state index contributed by atoms with van der Waals surface area (Å²) >= 11 is 0. The molecule has 6 nitrogen and oxygen atoms in total. The average Bonchev–Trinajstić information content (AvgIpc) is 2.98. The predicted octanol–water partition coefficient (Wildman–Crippen LogP) is 1.52. The van der Waals surface area contributed by atoms with E-state index in [2.05, 4.69) is 10.2 Å². The van der Waals surface area contributed by atoms with Crippen molar-refractivity contribution in [3.8, 4) is 0 Å². The van der Waals surface area contributed by atoms with Crippen molar-refractivity contribution < 1.29 is 13.2 Å². The molecule has 1 aliphatic heterocycles. The molecule has 2 heterocycles. The number of aromatic amines is 1. The monoisotopic (exact) mass is 317 g/mol. The van der Waals surface area contributed by atoms with Crippen molar-refractivity contribution >= 4 is 25.6 Å². The summed E-state index contributed by atoms with van der Waals surface area (Å²) in [6, 6.07) is 0. The van der Waals surface area contributed by atoms with E-state index in [0.29, 0.717) is 30.6 Å². The van der Waals surface area contributed by atoms with Gasteiger partial charge in [-0.05, 0) is 31.6 Å². The molecule has 2 aliphatic rings. The van der Waals surface area contributed by atoms with E-state index in [0.717, 1.165) is 12.8 Å². The summed E-state index contributed by atoms with van der Waals surface area (Å²) in [5.41, 5.74) is 0.209. The number of nitrogens with zero attached hydrogens (tertiary/aromatic N) is 2. The highest BCUT2D eigenvalue weighted by Crippen LogP contribution is 2.38. The fourth-order valence-electron chi connectivity index (χ4n) is 3.41. The first-order chi connectivity index (χ1) is 9.38. The van der Waals surface area contributed by atoms with Crippen LogP contribution in [0.25, 0.3) is 0 Å². The van der Waals surface area contributed by atoms with Gasteiger partial charge in [-0.2, -0.15) is 5.10 Å². The van der Waals surface area contributed by atoms with Crippen LogP contribution in [0.5, 0.6) is 0 Å². The molecule has 1 aromatic heterocycles. The Morgan fingerprint density at radius 3 is 2.50 bits per heavy atom. The zero-order chi connectivity index (χ0) is 14.5. The van der Waals surface area contributed by atoms with Crippen molar-refractivity contribution in [1.82, 2.24) is 15.1 Å². The number of aryl methyl sites for hydroxylation is 1. The maximum atomic E-state index is 12.5. The van der Waals surface area contributed by atoms with Gasteiger partial charge in [-0.1, -0.05) is 6.42 Å². The normalized spacial score (nSPS) is 26.0. The third-order valence-electron chi connectivity index (χ3n) is 4.35. The molecular formula is C12H16ClN3O3S. The SMILES string of the molecule is Cc1[nH]nc(C(=O)N2CC3CCCC3C2)c1S(=O)(=O)Cl. The minimum Gasteiger partial charge on any atom is -0.337 e. The van der Waals surface area contributed by atoms with Crippen molar-refractivity contribution in [3.63, 3.8) is 0 Å². The van der Waals surface area contributed by atoms with E-state index < -0.39 is 9.05 Å². The molecule has 1 saturated carbocycles. The minimum atomic E-state index is -3.98. The van der Waals surface area contributed by atoms with Crippen LogP contribution in [0.3, 0.4) is 0 Å². The van der Waals surface area contributed by atoms with Crippen LogP contribution in [0.15, 0.2) is 4.90 Å². The smallest absolute Gasteiger partial charge is 0.275 e. The molecule has 0 aromatic carbocycles. The number of carbonyl (C=O) groups is 1. The van der Waals surface area contributed by atoms with Gasteiger partial charge in [0.05, 0.1) is 5.69 Å². The van der Waals surface area contributed by atoms with Gasteiger partial charge in [0.2, 0.25) is 0 Å². The van der Waals surface area contributed by atoms with Gasteiger partial charge in [0.15, 0.2) is 5.69 Å². The molecule has 2 fully saturated rings. The lowest BCUT2D eigenvalue weighted by Crippen LogP contribution is -2.30. The molecule has 0 spiro atoms. The van der Waals surface area contributed by atoms with Gasteiger partial charge < -0.3 is 4.90 Å². The summed E-state index contributed by atoms with van der Waals surface area (Å²) < 4.78 is 23.2. The van der Waals surface area contributed by atoms with Crippen molar-refractivity contribution in [2.75, 3.05) is 13.1 Å². The number of H-pyrrole nitrogens is 1. The molecule has 110 valence electrons. The first-order valence-electron chi connectivity index (χ1n) is 6.67. The second-order valence-corrected chi connectivity index (χ2v) is 8.13. The summed E-state index contributed by atoms with van der Waals surface area (Å²) in [5, 5.41) is 6.38. The Morgan fingerprint density at radius 2 is 1.95 bits per heavy atom. The number of fused-ring (bicyclic) bond motifs is 1. The molecule has 0 bridgehead atoms. The largest absolute Gasteiger partial charge is 0.337 e. The third-order valence-corrected chi connectivity index (χ3v) is 5.80. The molecule has 3 rings (SSSR count). The zero-order valence-electron chi connectivity index (χ0n) is 11.1. The standard InChI is InChI=1S/C12H16ClN3O3S/c1-7-11(20(13,18)19)10(15-14-7)12(17)16-5-8-3-2-4-9(8)6-16/h8-9H,2-6H2,1H3,(H,14,15). The van der Waals surface area contributed by atoms with Crippen LogP contribution < -0.4 is 0 Å². The highest BCUT2D eigenvalue weighted by molar-refractivity contribution is 8.13. The minimum absolute atomic E-state index is 0.0857. The summed E-state index contributed by atoms with van der Waals surface area (Å²) in [4.78, 5) is 14.0. The maximum absolute atomic E-state index is 12.5. The Balaban J connectivity index is 1.89. The number of halogens is 1. The highest BCUT2D eigenvalue weighted by atomic mass is 35.7. The Morgan fingerprint density at radius 1 is 1.35 bits per heavy atom. The van der Waals surface area contributed by atoms with Crippen LogP contribution in [0, 0.1) is 18.8 Å². The Bertz CT molecular complexity index is 643. The summed E-state index contributed by atoms with van der Waals surface area (Å²) in [6.45, 7) is 2.92. The van der Waals surface area contributed by atoms with E-state index in [1.165, 1.54) is 13.3 Å². The molecule has 1 N–H and O–H groups in total. The fourth-order valence-corrected chi connectivity index (χ4v) is 4.75. The number of rotatable bonds is 2. The lowest BCUT2D eigenvalue weighted by Gasteiger charge is -2.16. The van der Waals surface area contributed by atoms with E-state index >= 15 is 0 Å². The van der Waals surface area contributed by atoms with Crippen LogP contribution in [0.4, 0.5) is 0 Å². The van der Waals surface area contributed by atoms with Crippen LogP contribution in [0.1, 0.15) is 35.4 Å². The predicted molar refractivity (Wildman–Crippen MR) is 73.1 cm³/mol. The van der Waals surface area contributed by atoms with Crippen molar-refractivity contribution in [3.05, 3.63) is 11.4 Å². The Kier molecular flexibility index (Phi) is 3.29. The van der Waals surface area contributed by atoms with Crippen LogP contribution in [-0.4, -0.2) is 42.5 Å². The maximum Gasteiger partial charge on any atom is 0.275 e. The second-order valence-electron chi connectivity index (χ2n) is 5.63. The number of amides is 1. The molecule has 1 aliphatic carbocycles. The van der Waals surface area contributed by atoms with E-state index in [-0.39, 0.29) is 16.5 Å². The lowest BCUT2D eigenvalue weighted by atomic mass is 10.0. The average molecular weight is 318 g/mol. The van der Waals surface area contributed by atoms with Gasteiger partial charge in [-0.3, -0.25) is 9.89 Å². The highest BCUT2D eigenvalue weighted by Gasteiger charge is 2.40. The van der Waals surface area contributed by atoms with Gasteiger partial charge in [0.1, 0.15) is 4.90 Å². The number of aromatic nitrogens is 2.